The molecule has 0 aromatic carbocycles. The van der Waals surface area contributed by atoms with Crippen LogP contribution in [0.15, 0.2) is 27.8 Å². The third kappa shape index (κ3) is 5.18. The zero-order valence-electron chi connectivity index (χ0n) is 11.6. The molecule has 1 atom stereocenters. The highest BCUT2D eigenvalue weighted by molar-refractivity contribution is 9.10. The summed E-state index contributed by atoms with van der Waals surface area (Å²) in [5, 5.41) is 0. The molecule has 0 aliphatic carbocycles. The molecule has 0 fully saturated rings. The zero-order valence-corrected chi connectivity index (χ0v) is 14.0. The van der Waals surface area contributed by atoms with Crippen molar-refractivity contribution in [3.8, 4) is 0 Å². The molecule has 108 valence electrons. The number of nitrogens with zero attached hydrogens (tertiary/aromatic N) is 2. The summed E-state index contributed by atoms with van der Waals surface area (Å²) < 4.78 is 28.0. The molecule has 0 bridgehead atoms. The molecule has 1 unspecified atom stereocenters. The van der Waals surface area contributed by atoms with Crippen molar-refractivity contribution in [1.29, 1.82) is 0 Å². The Kier molecular flexibility index (Phi) is 5.91. The highest BCUT2D eigenvalue weighted by Gasteiger charge is 2.23. The molecule has 0 aliphatic heterocycles. The maximum atomic E-state index is 12.3. The van der Waals surface area contributed by atoms with E-state index in [-0.39, 0.29) is 16.9 Å². The molecule has 1 heterocycles. The van der Waals surface area contributed by atoms with Crippen LogP contribution in [0.25, 0.3) is 0 Å². The number of aromatic nitrogens is 1. The third-order valence-corrected chi connectivity index (χ3v) is 4.55. The van der Waals surface area contributed by atoms with Crippen LogP contribution < -0.4 is 4.72 Å². The minimum absolute atomic E-state index is 0.140. The van der Waals surface area contributed by atoms with Gasteiger partial charge in [0.1, 0.15) is 4.90 Å². The van der Waals surface area contributed by atoms with Crippen molar-refractivity contribution in [2.75, 3.05) is 20.6 Å². The van der Waals surface area contributed by atoms with E-state index < -0.39 is 10.0 Å². The van der Waals surface area contributed by atoms with Gasteiger partial charge in [-0.05, 0) is 42.0 Å². The van der Waals surface area contributed by atoms with Crippen molar-refractivity contribution < 1.29 is 8.42 Å². The van der Waals surface area contributed by atoms with Crippen molar-refractivity contribution in [3.63, 3.8) is 0 Å². The first kappa shape index (κ1) is 16.6. The van der Waals surface area contributed by atoms with Crippen molar-refractivity contribution in [2.45, 2.75) is 24.8 Å². The second-order valence-electron chi connectivity index (χ2n) is 5.07. The van der Waals surface area contributed by atoms with E-state index in [1.165, 1.54) is 6.20 Å². The first-order valence-electron chi connectivity index (χ1n) is 6.00. The van der Waals surface area contributed by atoms with Gasteiger partial charge in [-0.15, -0.1) is 0 Å². The maximum Gasteiger partial charge on any atom is 0.242 e. The minimum Gasteiger partial charge on any atom is -0.308 e. The van der Waals surface area contributed by atoms with Gasteiger partial charge in [0.05, 0.1) is 0 Å². The van der Waals surface area contributed by atoms with Gasteiger partial charge in [-0.3, -0.25) is 4.98 Å². The van der Waals surface area contributed by atoms with Crippen LogP contribution in [0.1, 0.15) is 13.8 Å². The molecule has 0 amide bonds. The summed E-state index contributed by atoms with van der Waals surface area (Å²) in [5.74, 6) is 0.206. The van der Waals surface area contributed by atoms with Crippen LogP contribution in [0.3, 0.4) is 0 Å². The summed E-state index contributed by atoms with van der Waals surface area (Å²) in [6.07, 6.45) is 2.90. The first-order chi connectivity index (χ1) is 8.72. The van der Waals surface area contributed by atoms with Gasteiger partial charge in [-0.1, -0.05) is 13.8 Å². The molecule has 0 radical (unpaired) electrons. The van der Waals surface area contributed by atoms with Crippen LogP contribution in [0.4, 0.5) is 0 Å². The number of hydrogen-bond donors (Lipinski definition) is 1. The average Bonchev–Trinajstić information content (AvgIpc) is 2.27. The molecule has 7 heteroatoms. The lowest BCUT2D eigenvalue weighted by Crippen LogP contribution is -2.44. The molecule has 0 spiro atoms. The molecule has 19 heavy (non-hydrogen) atoms. The molecule has 1 aromatic heterocycles. The Morgan fingerprint density at radius 1 is 1.37 bits per heavy atom. The monoisotopic (exact) mass is 349 g/mol. The Hall–Kier alpha value is -0.500. The number of sulfonamides is 1. The fraction of sp³-hybridized carbons (Fsp3) is 0.583. The summed E-state index contributed by atoms with van der Waals surface area (Å²) in [5.41, 5.74) is 0. The Balaban J connectivity index is 2.94. The summed E-state index contributed by atoms with van der Waals surface area (Å²) in [6, 6.07) is 1.40. The highest BCUT2D eigenvalue weighted by atomic mass is 79.9. The molecule has 0 aliphatic rings. The van der Waals surface area contributed by atoms with Gasteiger partial charge >= 0.3 is 0 Å². The third-order valence-electron chi connectivity index (χ3n) is 2.66. The fourth-order valence-corrected chi connectivity index (χ4v) is 3.46. The van der Waals surface area contributed by atoms with Crippen molar-refractivity contribution in [1.82, 2.24) is 14.6 Å². The zero-order chi connectivity index (χ0) is 14.6. The van der Waals surface area contributed by atoms with E-state index in [0.717, 1.165) is 0 Å². The second-order valence-corrected chi connectivity index (χ2v) is 7.70. The Morgan fingerprint density at radius 3 is 2.47 bits per heavy atom. The largest absolute Gasteiger partial charge is 0.308 e. The standard InChI is InChI=1S/C12H20BrN3O2S/c1-9(2)12(8-16(3)4)15-19(17,18)11-5-10(13)6-14-7-11/h5-7,9,12,15H,8H2,1-4H3. The predicted molar refractivity (Wildman–Crippen MR) is 79.4 cm³/mol. The molecule has 0 saturated heterocycles. The van der Waals surface area contributed by atoms with Gasteiger partial charge in [0, 0.05) is 29.5 Å². The van der Waals surface area contributed by atoms with E-state index in [2.05, 4.69) is 25.6 Å². The van der Waals surface area contributed by atoms with Crippen molar-refractivity contribution >= 4 is 26.0 Å². The Labute approximate surface area is 123 Å². The number of hydrogen-bond acceptors (Lipinski definition) is 4. The van der Waals surface area contributed by atoms with Crippen LogP contribution in [0.5, 0.6) is 0 Å². The van der Waals surface area contributed by atoms with Gasteiger partial charge in [0.25, 0.3) is 0 Å². The molecule has 0 saturated carbocycles. The van der Waals surface area contributed by atoms with E-state index in [9.17, 15) is 8.42 Å². The van der Waals surface area contributed by atoms with E-state index >= 15 is 0 Å². The average molecular weight is 350 g/mol. The van der Waals surface area contributed by atoms with E-state index in [4.69, 9.17) is 0 Å². The van der Waals surface area contributed by atoms with Gasteiger partial charge in [-0.25, -0.2) is 13.1 Å². The fourth-order valence-electron chi connectivity index (χ4n) is 1.58. The van der Waals surface area contributed by atoms with E-state index in [0.29, 0.717) is 11.0 Å². The number of rotatable bonds is 6. The van der Waals surface area contributed by atoms with Gasteiger partial charge in [0.15, 0.2) is 0 Å². The van der Waals surface area contributed by atoms with Crippen molar-refractivity contribution in [3.05, 3.63) is 22.9 Å². The van der Waals surface area contributed by atoms with Gasteiger partial charge in [-0.2, -0.15) is 0 Å². The first-order valence-corrected chi connectivity index (χ1v) is 8.27. The van der Waals surface area contributed by atoms with Crippen molar-refractivity contribution in [2.24, 2.45) is 5.92 Å². The Morgan fingerprint density at radius 2 is 2.00 bits per heavy atom. The highest BCUT2D eigenvalue weighted by Crippen LogP contribution is 2.15. The van der Waals surface area contributed by atoms with Gasteiger partial charge in [0.2, 0.25) is 10.0 Å². The predicted octanol–water partition coefficient (Wildman–Crippen LogP) is 1.71. The SMILES string of the molecule is CC(C)C(CN(C)C)NS(=O)(=O)c1cncc(Br)c1. The number of nitrogens with one attached hydrogen (secondary N) is 1. The molecular weight excluding hydrogens is 330 g/mol. The lowest BCUT2D eigenvalue weighted by molar-refractivity contribution is 0.314. The summed E-state index contributed by atoms with van der Waals surface area (Å²) in [4.78, 5) is 6.02. The molecular formula is C12H20BrN3O2S. The summed E-state index contributed by atoms with van der Waals surface area (Å²) in [6.45, 7) is 4.64. The van der Waals surface area contributed by atoms with Crippen LogP contribution in [0.2, 0.25) is 0 Å². The molecule has 1 rings (SSSR count). The van der Waals surface area contributed by atoms with Crippen LogP contribution in [-0.4, -0.2) is 45.0 Å². The maximum absolute atomic E-state index is 12.3. The molecule has 1 aromatic rings. The van der Waals surface area contributed by atoms with Crippen LogP contribution in [0, 0.1) is 5.92 Å². The lowest BCUT2D eigenvalue weighted by Gasteiger charge is -2.25. The minimum atomic E-state index is -3.54. The number of halogens is 1. The number of likely N-dealkylation sites (N-methyl/N-ethyl adjacent to an activating group) is 1. The summed E-state index contributed by atoms with van der Waals surface area (Å²) in [7, 11) is 0.300. The van der Waals surface area contributed by atoms with Crippen LogP contribution >= 0.6 is 15.9 Å². The number of pyridine rings is 1. The molecule has 5 nitrogen and oxygen atoms in total. The Bertz CT molecular complexity index is 517. The van der Waals surface area contributed by atoms with Crippen LogP contribution in [-0.2, 0) is 10.0 Å². The normalized spacial score (nSPS) is 14.1. The van der Waals surface area contributed by atoms with E-state index in [1.54, 1.807) is 12.3 Å². The second kappa shape index (κ2) is 6.78. The molecule has 1 N–H and O–H groups in total. The lowest BCUT2D eigenvalue weighted by atomic mass is 10.1. The summed E-state index contributed by atoms with van der Waals surface area (Å²) >= 11 is 3.23. The topological polar surface area (TPSA) is 62.3 Å². The quantitative estimate of drug-likeness (QED) is 0.849. The smallest absolute Gasteiger partial charge is 0.242 e. The van der Waals surface area contributed by atoms with E-state index in [1.807, 2.05) is 32.8 Å². The van der Waals surface area contributed by atoms with Gasteiger partial charge < -0.3 is 4.90 Å².